The molecule has 0 aromatic rings. The van der Waals surface area contributed by atoms with Crippen LogP contribution >= 0.6 is 0 Å². The van der Waals surface area contributed by atoms with Gasteiger partial charge in [0, 0.05) is 12.1 Å². The molecule has 2 aliphatic carbocycles. The lowest BCUT2D eigenvalue weighted by atomic mass is 10.1. The molecule has 4 nitrogen and oxygen atoms in total. The maximum absolute atomic E-state index is 11.9. The van der Waals surface area contributed by atoms with E-state index in [1.807, 2.05) is 20.8 Å². The highest BCUT2D eigenvalue weighted by Crippen LogP contribution is 2.25. The van der Waals surface area contributed by atoms with E-state index in [4.69, 9.17) is 4.74 Å². The van der Waals surface area contributed by atoms with Gasteiger partial charge in [-0.15, -0.1) is 0 Å². The fourth-order valence-electron chi connectivity index (χ4n) is 3.37. The first-order valence-electron chi connectivity index (χ1n) is 8.17. The lowest BCUT2D eigenvalue weighted by Crippen LogP contribution is -2.48. The zero-order chi connectivity index (χ0) is 14.6. The SMILES string of the molecule is CC(C)(C)OC(=O)NC1CCCC1NCC1CCCC1. The van der Waals surface area contributed by atoms with Gasteiger partial charge in [-0.05, 0) is 65.3 Å². The molecule has 0 aromatic carbocycles. The molecule has 2 aliphatic rings. The van der Waals surface area contributed by atoms with E-state index in [9.17, 15) is 4.79 Å². The minimum absolute atomic E-state index is 0.228. The molecule has 20 heavy (non-hydrogen) atoms. The lowest BCUT2D eigenvalue weighted by Gasteiger charge is -2.26. The van der Waals surface area contributed by atoms with Crippen LogP contribution in [-0.2, 0) is 4.74 Å². The minimum atomic E-state index is -0.421. The summed E-state index contributed by atoms with van der Waals surface area (Å²) in [7, 11) is 0. The topological polar surface area (TPSA) is 50.4 Å². The first-order valence-corrected chi connectivity index (χ1v) is 8.17. The van der Waals surface area contributed by atoms with Crippen molar-refractivity contribution < 1.29 is 9.53 Å². The van der Waals surface area contributed by atoms with Crippen molar-refractivity contribution in [3.05, 3.63) is 0 Å². The Bertz CT molecular complexity index is 319. The molecule has 0 aliphatic heterocycles. The Morgan fingerprint density at radius 1 is 1.05 bits per heavy atom. The smallest absolute Gasteiger partial charge is 0.407 e. The maximum atomic E-state index is 11.9. The minimum Gasteiger partial charge on any atom is -0.444 e. The Balaban J connectivity index is 1.73. The molecule has 0 saturated heterocycles. The number of alkyl carbamates (subject to hydrolysis) is 1. The molecule has 2 atom stereocenters. The Morgan fingerprint density at radius 3 is 2.35 bits per heavy atom. The van der Waals surface area contributed by atoms with Crippen LogP contribution in [0.4, 0.5) is 4.79 Å². The van der Waals surface area contributed by atoms with Crippen molar-refractivity contribution in [1.29, 1.82) is 0 Å². The van der Waals surface area contributed by atoms with E-state index in [0.717, 1.165) is 25.3 Å². The van der Waals surface area contributed by atoms with Gasteiger partial charge in [0.1, 0.15) is 5.60 Å². The number of carbonyl (C=O) groups excluding carboxylic acids is 1. The number of ether oxygens (including phenoxy) is 1. The molecule has 0 radical (unpaired) electrons. The number of hydrogen-bond acceptors (Lipinski definition) is 3. The fraction of sp³-hybridized carbons (Fsp3) is 0.938. The molecule has 0 spiro atoms. The molecule has 0 aromatic heterocycles. The molecule has 0 heterocycles. The van der Waals surface area contributed by atoms with Crippen LogP contribution in [0.15, 0.2) is 0 Å². The summed E-state index contributed by atoms with van der Waals surface area (Å²) in [5.74, 6) is 0.845. The maximum Gasteiger partial charge on any atom is 0.407 e. The molecular weight excluding hydrogens is 252 g/mol. The van der Waals surface area contributed by atoms with Gasteiger partial charge in [0.05, 0.1) is 0 Å². The average Bonchev–Trinajstić information content (AvgIpc) is 2.94. The number of rotatable bonds is 4. The molecular formula is C16H30N2O2. The van der Waals surface area contributed by atoms with Gasteiger partial charge >= 0.3 is 6.09 Å². The van der Waals surface area contributed by atoms with E-state index in [1.165, 1.54) is 32.1 Å². The number of nitrogens with one attached hydrogen (secondary N) is 2. The summed E-state index contributed by atoms with van der Waals surface area (Å²) in [4.78, 5) is 11.9. The van der Waals surface area contributed by atoms with E-state index in [-0.39, 0.29) is 12.1 Å². The summed E-state index contributed by atoms with van der Waals surface area (Å²) < 4.78 is 5.35. The molecule has 2 fully saturated rings. The Kier molecular flexibility index (Phi) is 5.30. The van der Waals surface area contributed by atoms with Crippen LogP contribution in [-0.4, -0.2) is 30.3 Å². The molecule has 4 heteroatoms. The largest absolute Gasteiger partial charge is 0.444 e. The second-order valence-electron chi connectivity index (χ2n) is 7.35. The normalized spacial score (nSPS) is 27.8. The average molecular weight is 282 g/mol. The van der Waals surface area contributed by atoms with Crippen molar-refractivity contribution in [2.45, 2.75) is 83.4 Å². The Hall–Kier alpha value is -0.770. The van der Waals surface area contributed by atoms with Crippen LogP contribution in [0.1, 0.15) is 65.7 Å². The summed E-state index contributed by atoms with van der Waals surface area (Å²) in [6, 6.07) is 0.648. The Morgan fingerprint density at radius 2 is 1.70 bits per heavy atom. The molecule has 2 rings (SSSR count). The van der Waals surface area contributed by atoms with Gasteiger partial charge in [0.15, 0.2) is 0 Å². The highest BCUT2D eigenvalue weighted by molar-refractivity contribution is 5.68. The molecule has 116 valence electrons. The highest BCUT2D eigenvalue weighted by atomic mass is 16.6. The number of amides is 1. The standard InChI is InChI=1S/C16H30N2O2/c1-16(2,3)20-15(19)18-14-10-6-9-13(14)17-11-12-7-4-5-8-12/h12-14,17H,4-11H2,1-3H3,(H,18,19). The van der Waals surface area contributed by atoms with Gasteiger partial charge in [-0.3, -0.25) is 0 Å². The number of carbonyl (C=O) groups is 1. The van der Waals surface area contributed by atoms with Crippen molar-refractivity contribution in [3.63, 3.8) is 0 Å². The first-order chi connectivity index (χ1) is 9.44. The van der Waals surface area contributed by atoms with Crippen LogP contribution in [0.3, 0.4) is 0 Å². The van der Waals surface area contributed by atoms with Gasteiger partial charge in [0.2, 0.25) is 0 Å². The van der Waals surface area contributed by atoms with Gasteiger partial charge < -0.3 is 15.4 Å². The lowest BCUT2D eigenvalue weighted by molar-refractivity contribution is 0.0498. The summed E-state index contributed by atoms with van der Waals surface area (Å²) >= 11 is 0. The van der Waals surface area contributed by atoms with E-state index in [1.54, 1.807) is 0 Å². The monoisotopic (exact) mass is 282 g/mol. The van der Waals surface area contributed by atoms with Crippen LogP contribution in [0.2, 0.25) is 0 Å². The van der Waals surface area contributed by atoms with Crippen molar-refractivity contribution in [2.75, 3.05) is 6.54 Å². The van der Waals surface area contributed by atoms with Crippen molar-refractivity contribution in [3.8, 4) is 0 Å². The molecule has 0 bridgehead atoms. The summed E-state index contributed by atoms with van der Waals surface area (Å²) in [6.45, 7) is 6.81. The zero-order valence-electron chi connectivity index (χ0n) is 13.2. The van der Waals surface area contributed by atoms with Gasteiger partial charge in [-0.25, -0.2) is 4.79 Å². The summed E-state index contributed by atoms with van der Waals surface area (Å²) in [5.41, 5.74) is -0.421. The molecule has 2 N–H and O–H groups in total. The second-order valence-corrected chi connectivity index (χ2v) is 7.35. The van der Waals surface area contributed by atoms with E-state index >= 15 is 0 Å². The van der Waals surface area contributed by atoms with Gasteiger partial charge in [-0.1, -0.05) is 12.8 Å². The molecule has 1 amide bonds. The van der Waals surface area contributed by atoms with E-state index in [2.05, 4.69) is 10.6 Å². The van der Waals surface area contributed by atoms with E-state index < -0.39 is 5.60 Å². The Labute approximate surface area is 123 Å². The van der Waals surface area contributed by atoms with Crippen LogP contribution in [0.25, 0.3) is 0 Å². The van der Waals surface area contributed by atoms with Gasteiger partial charge in [0.25, 0.3) is 0 Å². The van der Waals surface area contributed by atoms with Crippen molar-refractivity contribution >= 4 is 6.09 Å². The van der Waals surface area contributed by atoms with E-state index in [0.29, 0.717) is 6.04 Å². The molecule has 2 unspecified atom stereocenters. The first kappa shape index (κ1) is 15.6. The van der Waals surface area contributed by atoms with Crippen molar-refractivity contribution in [1.82, 2.24) is 10.6 Å². The summed E-state index contributed by atoms with van der Waals surface area (Å²) in [6.07, 6.45) is 8.62. The zero-order valence-corrected chi connectivity index (χ0v) is 13.2. The predicted molar refractivity (Wildman–Crippen MR) is 80.8 cm³/mol. The van der Waals surface area contributed by atoms with Crippen LogP contribution in [0.5, 0.6) is 0 Å². The van der Waals surface area contributed by atoms with Crippen molar-refractivity contribution in [2.24, 2.45) is 5.92 Å². The fourth-order valence-corrected chi connectivity index (χ4v) is 3.37. The van der Waals surface area contributed by atoms with Crippen LogP contribution in [0, 0.1) is 5.92 Å². The third-order valence-corrected chi connectivity index (χ3v) is 4.36. The predicted octanol–water partition coefficient (Wildman–Crippen LogP) is 3.21. The highest BCUT2D eigenvalue weighted by Gasteiger charge is 2.30. The van der Waals surface area contributed by atoms with Crippen LogP contribution < -0.4 is 10.6 Å². The quantitative estimate of drug-likeness (QED) is 0.832. The third kappa shape index (κ3) is 4.97. The number of hydrogen-bond donors (Lipinski definition) is 2. The van der Waals surface area contributed by atoms with Gasteiger partial charge in [-0.2, -0.15) is 0 Å². The summed E-state index contributed by atoms with van der Waals surface area (Å²) in [5, 5.41) is 6.71. The second kappa shape index (κ2) is 6.79. The third-order valence-electron chi connectivity index (χ3n) is 4.36. The molecule has 2 saturated carbocycles.